The smallest absolute Gasteiger partial charge is 0.407 e. The van der Waals surface area contributed by atoms with Gasteiger partial charge in [0.15, 0.2) is 5.82 Å². The SMILES string of the molecule is CN(Cc1nnnn1C)C(=O)C(CCC(=O)O)NC(=O)OCC1c2ccccc2-c2ccccc21. The molecule has 1 aliphatic carbocycles. The van der Waals surface area contributed by atoms with Gasteiger partial charge in [-0.3, -0.25) is 9.59 Å². The number of rotatable bonds is 9. The van der Waals surface area contributed by atoms with Gasteiger partial charge < -0.3 is 20.1 Å². The number of hydrogen-bond donors (Lipinski definition) is 2. The lowest BCUT2D eigenvalue weighted by Crippen LogP contribution is -2.47. The van der Waals surface area contributed by atoms with Crippen molar-refractivity contribution in [3.05, 3.63) is 65.5 Å². The molecule has 0 bridgehead atoms. The number of aryl methyl sites for hydroxylation is 1. The molecule has 11 heteroatoms. The van der Waals surface area contributed by atoms with Crippen molar-refractivity contribution < 1.29 is 24.2 Å². The summed E-state index contributed by atoms with van der Waals surface area (Å²) in [6, 6.07) is 14.9. The Labute approximate surface area is 201 Å². The third kappa shape index (κ3) is 5.29. The summed E-state index contributed by atoms with van der Waals surface area (Å²) < 4.78 is 6.95. The molecule has 2 N–H and O–H groups in total. The molecule has 0 spiro atoms. The summed E-state index contributed by atoms with van der Waals surface area (Å²) in [7, 11) is 3.18. The largest absolute Gasteiger partial charge is 0.481 e. The van der Waals surface area contributed by atoms with Crippen molar-refractivity contribution >= 4 is 18.0 Å². The van der Waals surface area contributed by atoms with Crippen LogP contribution in [0.15, 0.2) is 48.5 Å². The number of benzene rings is 2. The number of ether oxygens (including phenoxy) is 1. The Morgan fingerprint density at radius 1 is 1.11 bits per heavy atom. The molecule has 0 saturated heterocycles. The van der Waals surface area contributed by atoms with Crippen LogP contribution in [0.25, 0.3) is 11.1 Å². The van der Waals surface area contributed by atoms with E-state index in [-0.39, 0.29) is 31.9 Å². The molecule has 0 saturated carbocycles. The first-order valence-electron chi connectivity index (χ1n) is 11.1. The number of carbonyl (C=O) groups excluding carboxylic acids is 2. The van der Waals surface area contributed by atoms with Crippen LogP contribution in [0.4, 0.5) is 4.79 Å². The van der Waals surface area contributed by atoms with Gasteiger partial charge in [0.05, 0.1) is 6.54 Å². The summed E-state index contributed by atoms with van der Waals surface area (Å²) in [5.74, 6) is -1.23. The highest BCUT2D eigenvalue weighted by Gasteiger charge is 2.30. The van der Waals surface area contributed by atoms with Crippen LogP contribution in [0.5, 0.6) is 0 Å². The van der Waals surface area contributed by atoms with Crippen molar-refractivity contribution in [3.63, 3.8) is 0 Å². The third-order valence-electron chi connectivity index (χ3n) is 6.04. The summed E-state index contributed by atoms with van der Waals surface area (Å²) in [5.41, 5.74) is 4.34. The highest BCUT2D eigenvalue weighted by Crippen LogP contribution is 2.44. The number of tetrazole rings is 1. The van der Waals surface area contributed by atoms with E-state index in [9.17, 15) is 14.4 Å². The van der Waals surface area contributed by atoms with Crippen molar-refractivity contribution in [2.75, 3.05) is 13.7 Å². The van der Waals surface area contributed by atoms with Gasteiger partial charge in [0.25, 0.3) is 0 Å². The number of fused-ring (bicyclic) bond motifs is 3. The summed E-state index contributed by atoms with van der Waals surface area (Å²) in [5, 5.41) is 22.7. The maximum absolute atomic E-state index is 13.0. The number of carboxylic acid groups (broad SMARTS) is 1. The monoisotopic (exact) mass is 478 g/mol. The van der Waals surface area contributed by atoms with Crippen molar-refractivity contribution in [2.24, 2.45) is 7.05 Å². The molecule has 0 aliphatic heterocycles. The first-order valence-corrected chi connectivity index (χ1v) is 11.1. The molecule has 0 fully saturated rings. The Kier molecular flexibility index (Phi) is 7.04. The fourth-order valence-corrected chi connectivity index (χ4v) is 4.25. The summed E-state index contributed by atoms with van der Waals surface area (Å²) >= 11 is 0. The Morgan fingerprint density at radius 2 is 1.74 bits per heavy atom. The van der Waals surface area contributed by atoms with Crippen molar-refractivity contribution in [1.82, 2.24) is 30.4 Å². The molecule has 3 aromatic rings. The number of nitrogens with one attached hydrogen (secondary N) is 1. The van der Waals surface area contributed by atoms with E-state index in [1.807, 2.05) is 48.5 Å². The zero-order valence-electron chi connectivity index (χ0n) is 19.4. The first kappa shape index (κ1) is 23.9. The highest BCUT2D eigenvalue weighted by molar-refractivity contribution is 5.86. The second-order valence-corrected chi connectivity index (χ2v) is 8.37. The van der Waals surface area contributed by atoms with E-state index in [1.54, 1.807) is 7.05 Å². The van der Waals surface area contributed by atoms with Crippen LogP contribution >= 0.6 is 0 Å². The van der Waals surface area contributed by atoms with Crippen molar-refractivity contribution in [1.29, 1.82) is 0 Å². The molecule has 35 heavy (non-hydrogen) atoms. The van der Waals surface area contributed by atoms with Gasteiger partial charge in [-0.25, -0.2) is 9.48 Å². The third-order valence-corrected chi connectivity index (χ3v) is 6.04. The van der Waals surface area contributed by atoms with Gasteiger partial charge in [-0.1, -0.05) is 48.5 Å². The Bertz CT molecular complexity index is 1200. The number of carboxylic acids is 1. The molecule has 11 nitrogen and oxygen atoms in total. The lowest BCUT2D eigenvalue weighted by molar-refractivity contribution is -0.138. The minimum Gasteiger partial charge on any atom is -0.481 e. The number of aliphatic carboxylic acids is 1. The molecule has 1 aliphatic rings. The molecular weight excluding hydrogens is 452 g/mol. The lowest BCUT2D eigenvalue weighted by Gasteiger charge is -2.24. The van der Waals surface area contributed by atoms with Gasteiger partial charge in [0.2, 0.25) is 5.91 Å². The highest BCUT2D eigenvalue weighted by atomic mass is 16.5. The van der Waals surface area contributed by atoms with Gasteiger partial charge in [-0.2, -0.15) is 0 Å². The molecule has 2 aromatic carbocycles. The van der Waals surface area contributed by atoms with Crippen LogP contribution < -0.4 is 5.32 Å². The predicted octanol–water partition coefficient (Wildman–Crippen LogP) is 1.94. The molecular formula is C24H26N6O5. The van der Waals surface area contributed by atoms with Crippen LogP contribution in [0, 0.1) is 0 Å². The molecule has 1 heterocycles. The summed E-state index contributed by atoms with van der Waals surface area (Å²) in [6.07, 6.45) is -1.16. The number of hydrogen-bond acceptors (Lipinski definition) is 7. The van der Waals surface area contributed by atoms with E-state index in [2.05, 4.69) is 20.8 Å². The van der Waals surface area contributed by atoms with E-state index in [0.717, 1.165) is 22.3 Å². The van der Waals surface area contributed by atoms with Crippen LogP contribution in [-0.4, -0.2) is 67.9 Å². The van der Waals surface area contributed by atoms with Gasteiger partial charge >= 0.3 is 12.1 Å². The van der Waals surface area contributed by atoms with Crippen molar-refractivity contribution in [3.8, 4) is 11.1 Å². The van der Waals surface area contributed by atoms with Crippen LogP contribution in [0.3, 0.4) is 0 Å². The molecule has 1 atom stereocenters. The van der Waals surface area contributed by atoms with Gasteiger partial charge in [0, 0.05) is 26.4 Å². The number of likely N-dealkylation sites (N-methyl/N-ethyl adjacent to an activating group) is 1. The van der Waals surface area contributed by atoms with Crippen LogP contribution in [0.1, 0.15) is 35.7 Å². The molecule has 1 unspecified atom stereocenters. The lowest BCUT2D eigenvalue weighted by atomic mass is 9.98. The number of amides is 2. The normalized spacial score (nSPS) is 13.0. The van der Waals surface area contributed by atoms with Crippen LogP contribution in [-0.2, 0) is 27.9 Å². The van der Waals surface area contributed by atoms with E-state index < -0.39 is 24.0 Å². The first-order chi connectivity index (χ1) is 16.8. The van der Waals surface area contributed by atoms with Gasteiger partial charge in [-0.05, 0) is 39.1 Å². The van der Waals surface area contributed by atoms with E-state index >= 15 is 0 Å². The minimum atomic E-state index is -1.08. The second-order valence-electron chi connectivity index (χ2n) is 8.37. The Balaban J connectivity index is 1.42. The minimum absolute atomic E-state index is 0.0835. The van der Waals surface area contributed by atoms with E-state index in [0.29, 0.717) is 5.82 Å². The topological polar surface area (TPSA) is 140 Å². The Morgan fingerprint density at radius 3 is 2.31 bits per heavy atom. The van der Waals surface area contributed by atoms with Crippen LogP contribution in [0.2, 0.25) is 0 Å². The number of aromatic nitrogens is 4. The fourth-order valence-electron chi connectivity index (χ4n) is 4.25. The molecule has 182 valence electrons. The molecule has 1 aromatic heterocycles. The zero-order valence-corrected chi connectivity index (χ0v) is 19.4. The maximum Gasteiger partial charge on any atom is 0.407 e. The zero-order chi connectivity index (χ0) is 24.9. The average Bonchev–Trinajstić information content (AvgIpc) is 3.40. The standard InChI is InChI=1S/C24H26N6O5/c1-29(13-21-26-27-28-30(21)2)23(33)20(11-12-22(31)32)25-24(34)35-14-19-17-9-5-3-7-15(17)16-8-4-6-10-18(16)19/h3-10,19-20H,11-14H2,1-2H3,(H,25,34)(H,31,32). The summed E-state index contributed by atoms with van der Waals surface area (Å²) in [6.45, 7) is 0.179. The summed E-state index contributed by atoms with van der Waals surface area (Å²) in [4.78, 5) is 38.1. The number of alkyl carbamates (subject to hydrolysis) is 1. The predicted molar refractivity (Wildman–Crippen MR) is 124 cm³/mol. The number of carbonyl (C=O) groups is 3. The van der Waals surface area contributed by atoms with Crippen molar-refractivity contribution in [2.45, 2.75) is 31.3 Å². The average molecular weight is 479 g/mol. The fraction of sp³-hybridized carbons (Fsp3) is 0.333. The molecule has 4 rings (SSSR count). The molecule has 0 radical (unpaired) electrons. The van der Waals surface area contributed by atoms with E-state index in [4.69, 9.17) is 9.84 Å². The quantitative estimate of drug-likeness (QED) is 0.476. The maximum atomic E-state index is 13.0. The van der Waals surface area contributed by atoms with Gasteiger partial charge in [-0.15, -0.1) is 5.10 Å². The molecule has 2 amide bonds. The van der Waals surface area contributed by atoms with E-state index in [1.165, 1.54) is 16.6 Å². The van der Waals surface area contributed by atoms with Gasteiger partial charge in [0.1, 0.15) is 12.6 Å². The second kappa shape index (κ2) is 10.3. The Hall–Kier alpha value is -4.28. The number of nitrogens with zero attached hydrogens (tertiary/aromatic N) is 5.